The number of ketones is 1. The number of rotatable bonds is 8. The van der Waals surface area contributed by atoms with Gasteiger partial charge in [-0.3, -0.25) is 4.79 Å². The normalized spacial score (nSPS) is 10.6. The van der Waals surface area contributed by atoms with E-state index >= 15 is 0 Å². The maximum Gasteiger partial charge on any atom is 0.341 e. The molecule has 0 saturated heterocycles. The summed E-state index contributed by atoms with van der Waals surface area (Å²) in [7, 11) is 2.72. The van der Waals surface area contributed by atoms with Gasteiger partial charge in [0.2, 0.25) is 0 Å². The van der Waals surface area contributed by atoms with Crippen LogP contribution in [0.4, 0.5) is 4.39 Å². The SMILES string of the molecule is COc1cc(/C=C/C(=O)c2cccc(OCC(=O)O)c2)cc(F)c1OC. The molecule has 0 aliphatic carbocycles. The number of hydrogen-bond acceptors (Lipinski definition) is 5. The number of hydrogen-bond donors (Lipinski definition) is 1. The summed E-state index contributed by atoms with van der Waals surface area (Å²) in [5.74, 6) is -1.60. The number of allylic oxidation sites excluding steroid dienone is 1. The lowest BCUT2D eigenvalue weighted by Gasteiger charge is -2.09. The van der Waals surface area contributed by atoms with Gasteiger partial charge in [0.15, 0.2) is 29.7 Å². The molecular formula is C19H17FO6. The summed E-state index contributed by atoms with van der Waals surface area (Å²) < 4.78 is 29.0. The molecule has 1 N–H and O–H groups in total. The van der Waals surface area contributed by atoms with Gasteiger partial charge in [-0.1, -0.05) is 18.2 Å². The number of benzene rings is 2. The summed E-state index contributed by atoms with van der Waals surface area (Å²) in [6, 6.07) is 8.89. The summed E-state index contributed by atoms with van der Waals surface area (Å²) >= 11 is 0. The average Bonchev–Trinajstić information content (AvgIpc) is 2.64. The number of carboxylic acids is 1. The van der Waals surface area contributed by atoms with Crippen LogP contribution >= 0.6 is 0 Å². The maximum atomic E-state index is 14.0. The van der Waals surface area contributed by atoms with Gasteiger partial charge in [0.1, 0.15) is 5.75 Å². The van der Waals surface area contributed by atoms with Crippen LogP contribution in [0.3, 0.4) is 0 Å². The third-order valence-electron chi connectivity index (χ3n) is 3.36. The molecule has 2 aromatic rings. The van der Waals surface area contributed by atoms with Gasteiger partial charge in [-0.2, -0.15) is 0 Å². The van der Waals surface area contributed by atoms with Gasteiger partial charge in [-0.25, -0.2) is 9.18 Å². The maximum absolute atomic E-state index is 14.0. The van der Waals surface area contributed by atoms with Crippen molar-refractivity contribution in [3.63, 3.8) is 0 Å². The van der Waals surface area contributed by atoms with Crippen molar-refractivity contribution in [2.45, 2.75) is 0 Å². The van der Waals surface area contributed by atoms with Crippen molar-refractivity contribution >= 4 is 17.8 Å². The Bertz CT molecular complexity index is 844. The summed E-state index contributed by atoms with van der Waals surface area (Å²) in [4.78, 5) is 22.8. The lowest BCUT2D eigenvalue weighted by atomic mass is 10.1. The van der Waals surface area contributed by atoms with Crippen molar-refractivity contribution < 1.29 is 33.3 Å². The first-order valence-electron chi connectivity index (χ1n) is 7.53. The van der Waals surface area contributed by atoms with Gasteiger partial charge in [-0.05, 0) is 35.9 Å². The van der Waals surface area contributed by atoms with Crippen LogP contribution in [-0.4, -0.2) is 37.7 Å². The first kappa shape index (κ1) is 19.0. The van der Waals surface area contributed by atoms with E-state index in [1.807, 2.05) is 0 Å². The van der Waals surface area contributed by atoms with E-state index in [0.29, 0.717) is 11.1 Å². The summed E-state index contributed by atoms with van der Waals surface area (Å²) in [5.41, 5.74) is 0.733. The second-order valence-electron chi connectivity index (χ2n) is 5.15. The van der Waals surface area contributed by atoms with E-state index in [1.165, 1.54) is 44.6 Å². The fourth-order valence-corrected chi connectivity index (χ4v) is 2.19. The Kier molecular flexibility index (Phi) is 6.32. The smallest absolute Gasteiger partial charge is 0.341 e. The first-order valence-corrected chi connectivity index (χ1v) is 7.53. The van der Waals surface area contributed by atoms with Crippen molar-refractivity contribution in [2.75, 3.05) is 20.8 Å². The molecule has 7 heteroatoms. The number of methoxy groups -OCH3 is 2. The monoisotopic (exact) mass is 360 g/mol. The van der Waals surface area contributed by atoms with Crippen LogP contribution < -0.4 is 14.2 Å². The Balaban J connectivity index is 2.18. The molecule has 0 heterocycles. The Morgan fingerprint density at radius 2 is 1.92 bits per heavy atom. The van der Waals surface area contributed by atoms with Gasteiger partial charge in [0, 0.05) is 5.56 Å². The second-order valence-corrected chi connectivity index (χ2v) is 5.15. The minimum absolute atomic E-state index is 0.0146. The molecule has 136 valence electrons. The molecule has 2 rings (SSSR count). The quantitative estimate of drug-likeness (QED) is 0.575. The van der Waals surface area contributed by atoms with E-state index in [0.717, 1.165) is 0 Å². The lowest BCUT2D eigenvalue weighted by Crippen LogP contribution is -2.09. The molecule has 0 saturated carbocycles. The first-order chi connectivity index (χ1) is 12.4. The minimum atomic E-state index is -1.11. The molecule has 0 aliphatic rings. The molecule has 0 radical (unpaired) electrons. The molecule has 0 unspecified atom stereocenters. The summed E-state index contributed by atoms with van der Waals surface area (Å²) in [5, 5.41) is 8.61. The Labute approximate surface area is 149 Å². The topological polar surface area (TPSA) is 82.1 Å². The van der Waals surface area contributed by atoms with Crippen LogP contribution in [0.1, 0.15) is 15.9 Å². The van der Waals surface area contributed by atoms with Gasteiger partial charge < -0.3 is 19.3 Å². The van der Waals surface area contributed by atoms with Gasteiger partial charge in [0.05, 0.1) is 14.2 Å². The van der Waals surface area contributed by atoms with Gasteiger partial charge >= 0.3 is 5.97 Å². The number of carbonyl (C=O) groups excluding carboxylic acids is 1. The van der Waals surface area contributed by atoms with Crippen LogP contribution in [0, 0.1) is 5.82 Å². The predicted molar refractivity (Wildman–Crippen MR) is 92.4 cm³/mol. The van der Waals surface area contributed by atoms with Crippen LogP contribution in [-0.2, 0) is 4.79 Å². The highest BCUT2D eigenvalue weighted by atomic mass is 19.1. The minimum Gasteiger partial charge on any atom is -0.493 e. The van der Waals surface area contributed by atoms with E-state index in [1.54, 1.807) is 18.2 Å². The molecule has 6 nitrogen and oxygen atoms in total. The van der Waals surface area contributed by atoms with Gasteiger partial charge in [-0.15, -0.1) is 0 Å². The highest BCUT2D eigenvalue weighted by Crippen LogP contribution is 2.31. The van der Waals surface area contributed by atoms with Crippen LogP contribution in [0.5, 0.6) is 17.2 Å². The molecular weight excluding hydrogens is 343 g/mol. The molecule has 0 amide bonds. The molecule has 26 heavy (non-hydrogen) atoms. The zero-order valence-corrected chi connectivity index (χ0v) is 14.2. The number of halogens is 1. The third-order valence-corrected chi connectivity index (χ3v) is 3.36. The molecule has 0 aliphatic heterocycles. The van der Waals surface area contributed by atoms with E-state index in [-0.39, 0.29) is 23.0 Å². The molecule has 0 fully saturated rings. The van der Waals surface area contributed by atoms with Crippen LogP contribution in [0.25, 0.3) is 6.08 Å². The standard InChI is InChI=1S/C19H17FO6/c1-24-17-9-12(8-15(20)19(17)25-2)6-7-16(21)13-4-3-5-14(10-13)26-11-18(22)23/h3-10H,11H2,1-2H3,(H,22,23)/b7-6+. The fourth-order valence-electron chi connectivity index (χ4n) is 2.19. The van der Waals surface area contributed by atoms with Crippen molar-refractivity contribution in [3.05, 3.63) is 59.4 Å². The highest BCUT2D eigenvalue weighted by molar-refractivity contribution is 6.07. The molecule has 2 aromatic carbocycles. The van der Waals surface area contributed by atoms with Crippen LogP contribution in [0.15, 0.2) is 42.5 Å². The molecule has 0 bridgehead atoms. The van der Waals surface area contributed by atoms with E-state index < -0.39 is 18.4 Å². The Morgan fingerprint density at radius 1 is 1.15 bits per heavy atom. The predicted octanol–water partition coefficient (Wildman–Crippen LogP) is 3.20. The lowest BCUT2D eigenvalue weighted by molar-refractivity contribution is -0.139. The molecule has 0 aromatic heterocycles. The van der Waals surface area contributed by atoms with Crippen molar-refractivity contribution in [1.29, 1.82) is 0 Å². The summed E-state index contributed by atoms with van der Waals surface area (Å²) in [6.07, 6.45) is 2.72. The fraction of sp³-hybridized carbons (Fsp3) is 0.158. The third kappa shape index (κ3) is 4.83. The molecule has 0 spiro atoms. The Morgan fingerprint density at radius 3 is 2.58 bits per heavy atom. The van der Waals surface area contributed by atoms with Crippen molar-refractivity contribution in [2.24, 2.45) is 0 Å². The molecule has 0 atom stereocenters. The Hall–Kier alpha value is -3.35. The second kappa shape index (κ2) is 8.66. The summed E-state index contributed by atoms with van der Waals surface area (Å²) in [6.45, 7) is -0.502. The van der Waals surface area contributed by atoms with E-state index in [4.69, 9.17) is 19.3 Å². The van der Waals surface area contributed by atoms with E-state index in [2.05, 4.69) is 0 Å². The van der Waals surface area contributed by atoms with Gasteiger partial charge in [0.25, 0.3) is 0 Å². The van der Waals surface area contributed by atoms with E-state index in [9.17, 15) is 14.0 Å². The number of carboxylic acid groups (broad SMARTS) is 1. The largest absolute Gasteiger partial charge is 0.493 e. The highest BCUT2D eigenvalue weighted by Gasteiger charge is 2.11. The zero-order valence-electron chi connectivity index (χ0n) is 14.2. The number of ether oxygens (including phenoxy) is 3. The van der Waals surface area contributed by atoms with Crippen molar-refractivity contribution in [3.8, 4) is 17.2 Å². The number of carbonyl (C=O) groups is 2. The average molecular weight is 360 g/mol. The van der Waals surface area contributed by atoms with Crippen molar-refractivity contribution in [1.82, 2.24) is 0 Å². The zero-order chi connectivity index (χ0) is 19.1. The van der Waals surface area contributed by atoms with Crippen LogP contribution in [0.2, 0.25) is 0 Å². The number of aliphatic carboxylic acids is 1.